The number of alkyl halides is 12. The van der Waals surface area contributed by atoms with Crippen molar-refractivity contribution < 1.29 is 52.7 Å². The number of hydrogen-bond acceptors (Lipinski definition) is 0. The Balaban J connectivity index is 2.33. The zero-order chi connectivity index (χ0) is 53.9. The van der Waals surface area contributed by atoms with Crippen LogP contribution in [0.15, 0.2) is 60.7 Å². The van der Waals surface area contributed by atoms with E-state index in [1.54, 1.807) is 0 Å². The van der Waals surface area contributed by atoms with Gasteiger partial charge in [0.05, 0.1) is 22.3 Å². The molecule has 0 amide bonds. The molecular weight excluding hydrogens is 963 g/mol. The van der Waals surface area contributed by atoms with Crippen LogP contribution in [0.4, 0.5) is 52.7 Å². The monoisotopic (exact) mass is 1030 g/mol. The third kappa shape index (κ3) is 12.3. The maximum atomic E-state index is 14.8. The molecule has 70 heavy (non-hydrogen) atoms. The highest BCUT2D eigenvalue weighted by Crippen LogP contribution is 2.51. The van der Waals surface area contributed by atoms with E-state index in [1.807, 2.05) is 149 Å². The average molecular weight is 1030 g/mol. The highest BCUT2D eigenvalue weighted by atomic mass is 31.1. The summed E-state index contributed by atoms with van der Waals surface area (Å²) in [6.07, 6.45) is -21.3. The Kier molecular flexibility index (Phi) is 14.6. The normalized spacial score (nSPS) is 14.9. The van der Waals surface area contributed by atoms with Gasteiger partial charge in [-0.3, -0.25) is 0 Å². The van der Waals surface area contributed by atoms with E-state index in [2.05, 4.69) is 0 Å². The van der Waals surface area contributed by atoms with Crippen LogP contribution in [-0.4, -0.2) is 0 Å². The lowest BCUT2D eigenvalue weighted by Crippen LogP contribution is -2.30. The molecular formula is C56H64F12P2. The molecule has 0 radical (unpaired) electrons. The van der Waals surface area contributed by atoms with Crippen molar-refractivity contribution in [1.82, 2.24) is 0 Å². The van der Waals surface area contributed by atoms with E-state index >= 15 is 0 Å². The van der Waals surface area contributed by atoms with E-state index in [1.165, 1.54) is 0 Å². The molecule has 0 nitrogen and oxygen atoms in total. The van der Waals surface area contributed by atoms with Crippen molar-refractivity contribution in [3.8, 4) is 22.3 Å². The zero-order valence-corrected chi connectivity index (χ0v) is 45.0. The van der Waals surface area contributed by atoms with Crippen LogP contribution in [0.2, 0.25) is 0 Å². The van der Waals surface area contributed by atoms with E-state index in [0.717, 1.165) is 33.4 Å². The van der Waals surface area contributed by atoms with Crippen molar-refractivity contribution in [3.63, 3.8) is 0 Å². The molecule has 5 aromatic carbocycles. The summed E-state index contributed by atoms with van der Waals surface area (Å²) in [5, 5.41) is 1.34. The van der Waals surface area contributed by atoms with Crippen molar-refractivity contribution in [2.75, 3.05) is 0 Å². The summed E-state index contributed by atoms with van der Waals surface area (Å²) in [7, 11) is 0.535. The fraction of sp³-hybridized carbons (Fsp3) is 0.500. The molecule has 0 atom stereocenters. The van der Waals surface area contributed by atoms with Gasteiger partial charge in [-0.15, -0.1) is 0 Å². The van der Waals surface area contributed by atoms with Crippen LogP contribution in [0.3, 0.4) is 0 Å². The smallest absolute Gasteiger partial charge is 0.166 e. The summed E-state index contributed by atoms with van der Waals surface area (Å²) in [6.45, 7) is 35.9. The lowest BCUT2D eigenvalue weighted by Gasteiger charge is -2.33. The lowest BCUT2D eigenvalue weighted by atomic mass is 9.75. The van der Waals surface area contributed by atoms with Gasteiger partial charge in [-0.25, -0.2) is 0 Å². The molecule has 0 aliphatic rings. The summed E-state index contributed by atoms with van der Waals surface area (Å²) < 4.78 is 178. The van der Waals surface area contributed by atoms with Gasteiger partial charge in [0.25, 0.3) is 0 Å². The first-order valence-corrected chi connectivity index (χ1v) is 24.7. The quantitative estimate of drug-likeness (QED) is 0.124. The molecule has 0 spiro atoms. The second kappa shape index (κ2) is 18.0. The van der Waals surface area contributed by atoms with Crippen molar-refractivity contribution in [2.45, 2.75) is 182 Å². The minimum atomic E-state index is -5.33. The van der Waals surface area contributed by atoms with Gasteiger partial charge in [-0.2, -0.15) is 52.7 Å². The van der Waals surface area contributed by atoms with Gasteiger partial charge < -0.3 is 0 Å². The Hall–Kier alpha value is -3.88. The fourth-order valence-electron chi connectivity index (χ4n) is 8.28. The first kappa shape index (κ1) is 57.0. The number of benzene rings is 4. The van der Waals surface area contributed by atoms with Crippen molar-refractivity contribution >= 4 is 27.0 Å². The molecule has 0 aliphatic carbocycles. The van der Waals surface area contributed by atoms with Crippen molar-refractivity contribution in [2.24, 2.45) is 0 Å². The Morgan fingerprint density at radius 1 is 0.257 bits per heavy atom. The standard InChI is InChI=1S/C56H64F12P2/c1-47(2,3)31-25-37(49(7,8)9)43(38(26-31)50(10,11)12)69-45-41(29-19-33(53(57,58)59)23-34(20-29)54(60,61)62)42(30-21-35(55(63,64)65)24-36(22-30)56(66,67)68)46(45)70-44-39(51(13,14)15)27-32(48(4,5)6)28-40(44)52(16,17)18/h19-28H,1-18H3. The Bertz CT molecular complexity index is 2570. The molecule has 0 bridgehead atoms. The SMILES string of the molecule is CC(C)(C)c1cc(C(C)(C)C)c(P=c2c(-c3cc(C(F)(F)F)cc(C(F)(F)F)c3)c(-c3cc(C(F)(F)F)cc(C(F)(F)F)c3)c2=Pc2c(C(C)(C)C)cc(C(C)(C)C)cc2C(C)(C)C)c(C(C)(C)C)c1. The molecule has 0 N–H and O–H groups in total. The van der Waals surface area contributed by atoms with Crippen LogP contribution < -0.4 is 10.6 Å². The topological polar surface area (TPSA) is 0 Å². The summed E-state index contributed by atoms with van der Waals surface area (Å²) in [4.78, 5) is 0.350. The van der Waals surface area contributed by atoms with Crippen LogP contribution in [0.1, 0.15) is 180 Å². The summed E-state index contributed by atoms with van der Waals surface area (Å²) in [6, 6.07) is 10.1. The number of hydrogen-bond donors (Lipinski definition) is 0. The highest BCUT2D eigenvalue weighted by Gasteiger charge is 2.41. The summed E-state index contributed by atoms with van der Waals surface area (Å²) >= 11 is 0. The third-order valence-corrected chi connectivity index (χ3v) is 15.3. The van der Waals surface area contributed by atoms with Crippen LogP contribution in [0, 0.1) is 9.88 Å². The summed E-state index contributed by atoms with van der Waals surface area (Å²) in [5.74, 6) is 0. The zero-order valence-electron chi connectivity index (χ0n) is 43.2. The average Bonchev–Trinajstić information content (AvgIpc) is 3.13. The molecule has 0 aromatic heterocycles. The van der Waals surface area contributed by atoms with Gasteiger partial charge in [0, 0.05) is 31.6 Å². The molecule has 0 heterocycles. The lowest BCUT2D eigenvalue weighted by molar-refractivity contribution is -0.144. The predicted molar refractivity (Wildman–Crippen MR) is 264 cm³/mol. The Morgan fingerprint density at radius 3 is 0.614 bits per heavy atom. The first-order valence-electron chi connectivity index (χ1n) is 22.9. The van der Waals surface area contributed by atoms with Gasteiger partial charge in [0.2, 0.25) is 0 Å². The van der Waals surface area contributed by atoms with Gasteiger partial charge >= 0.3 is 24.7 Å². The third-order valence-electron chi connectivity index (χ3n) is 12.3. The molecule has 0 aliphatic heterocycles. The Labute approximate surface area is 408 Å². The fourth-order valence-corrected chi connectivity index (χ4v) is 12.2. The van der Waals surface area contributed by atoms with Crippen LogP contribution in [0.5, 0.6) is 0 Å². The van der Waals surface area contributed by atoms with E-state index in [0.29, 0.717) is 34.9 Å². The molecule has 0 fully saturated rings. The molecule has 5 rings (SSSR count). The number of rotatable bonds is 4. The van der Waals surface area contributed by atoms with E-state index in [-0.39, 0.29) is 60.4 Å². The van der Waals surface area contributed by atoms with E-state index in [4.69, 9.17) is 0 Å². The second-order valence-electron chi connectivity index (χ2n) is 24.6. The molecule has 0 saturated carbocycles. The maximum Gasteiger partial charge on any atom is 0.416 e. The summed E-state index contributed by atoms with van der Waals surface area (Å²) in [5.41, 5.74) is -6.79. The Morgan fingerprint density at radius 2 is 0.457 bits per heavy atom. The number of halogens is 12. The minimum absolute atomic E-state index is 0.0443. The second-order valence-corrected chi connectivity index (χ2v) is 26.8. The van der Waals surface area contributed by atoms with Crippen LogP contribution in [0.25, 0.3) is 22.3 Å². The van der Waals surface area contributed by atoms with Crippen LogP contribution >= 0.6 is 16.4 Å². The van der Waals surface area contributed by atoms with Crippen molar-refractivity contribution in [3.05, 3.63) is 126 Å². The predicted octanol–water partition coefficient (Wildman–Crippen LogP) is 19.4. The molecule has 14 heteroatoms. The molecule has 0 saturated heterocycles. The van der Waals surface area contributed by atoms with Gasteiger partial charge in [0.15, 0.2) is 0 Å². The van der Waals surface area contributed by atoms with Gasteiger partial charge in [-0.1, -0.05) is 165 Å². The maximum absolute atomic E-state index is 14.8. The first-order chi connectivity index (χ1) is 31.0. The van der Waals surface area contributed by atoms with E-state index in [9.17, 15) is 52.7 Å². The molecule has 0 unspecified atom stereocenters. The van der Waals surface area contributed by atoms with Crippen molar-refractivity contribution in [1.29, 1.82) is 0 Å². The molecule has 5 aromatic rings. The van der Waals surface area contributed by atoms with Gasteiger partial charge in [-0.05, 0) is 113 Å². The van der Waals surface area contributed by atoms with Gasteiger partial charge in [0.1, 0.15) is 0 Å². The highest BCUT2D eigenvalue weighted by molar-refractivity contribution is 7.42. The minimum Gasteiger partial charge on any atom is -0.166 e. The van der Waals surface area contributed by atoms with E-state index < -0.39 is 79.7 Å². The van der Waals surface area contributed by atoms with Crippen LogP contribution in [-0.2, 0) is 57.2 Å². The molecule has 382 valence electrons. The largest absolute Gasteiger partial charge is 0.416 e.